The van der Waals surface area contributed by atoms with Gasteiger partial charge in [0.25, 0.3) is 5.56 Å². The Morgan fingerprint density at radius 2 is 2.00 bits per heavy atom. The Kier molecular flexibility index (Phi) is 6.71. The van der Waals surface area contributed by atoms with Crippen LogP contribution in [0.3, 0.4) is 0 Å². The van der Waals surface area contributed by atoms with Crippen molar-refractivity contribution in [3.05, 3.63) is 46.4 Å². The lowest BCUT2D eigenvalue weighted by Crippen LogP contribution is -2.24. The summed E-state index contributed by atoms with van der Waals surface area (Å²) in [6.45, 7) is 6.30. The van der Waals surface area contributed by atoms with E-state index < -0.39 is 0 Å². The Labute approximate surface area is 125 Å². The number of nitrogens with one attached hydrogen (secondary N) is 2. The quantitative estimate of drug-likeness (QED) is 0.806. The Bertz CT molecular complexity index is 598. The topological polar surface area (TPSA) is 54.1 Å². The Morgan fingerprint density at radius 1 is 1.30 bits per heavy atom. The van der Waals surface area contributed by atoms with Gasteiger partial charge in [0.1, 0.15) is 0 Å². The summed E-state index contributed by atoms with van der Waals surface area (Å²) in [5.74, 6) is 0. The van der Waals surface area contributed by atoms with Gasteiger partial charge >= 0.3 is 0 Å². The number of pyridine rings is 1. The van der Waals surface area contributed by atoms with Crippen LogP contribution in [0.5, 0.6) is 0 Å². The van der Waals surface area contributed by atoms with Gasteiger partial charge in [-0.1, -0.05) is 18.2 Å². The molecular weight excluding hydrogens is 276 g/mol. The number of H-pyrrole nitrogens is 1. The van der Waals surface area contributed by atoms with Crippen LogP contribution in [0.25, 0.3) is 10.8 Å². The lowest BCUT2D eigenvalue weighted by atomic mass is 10.0. The largest absolute Gasteiger partial charge is 0.380 e. The van der Waals surface area contributed by atoms with E-state index in [4.69, 9.17) is 4.74 Å². The first-order valence-corrected chi connectivity index (χ1v) is 6.65. The van der Waals surface area contributed by atoms with E-state index in [1.807, 2.05) is 31.2 Å². The van der Waals surface area contributed by atoms with Gasteiger partial charge in [-0.05, 0) is 30.9 Å². The fourth-order valence-corrected chi connectivity index (χ4v) is 2.19. The molecule has 0 saturated heterocycles. The fourth-order valence-electron chi connectivity index (χ4n) is 2.19. The molecule has 0 aliphatic heterocycles. The number of aromatic nitrogens is 1. The monoisotopic (exact) mass is 296 g/mol. The molecule has 2 rings (SSSR count). The van der Waals surface area contributed by atoms with Crippen LogP contribution in [-0.2, 0) is 4.74 Å². The number of fused-ring (bicyclic) bond motifs is 1. The molecular formula is C15H21ClN2O2. The fraction of sp³-hybridized carbons (Fsp3) is 0.400. The van der Waals surface area contributed by atoms with Crippen LogP contribution in [0.1, 0.15) is 25.5 Å². The van der Waals surface area contributed by atoms with Crippen molar-refractivity contribution in [1.82, 2.24) is 10.3 Å². The first-order chi connectivity index (χ1) is 9.24. The van der Waals surface area contributed by atoms with E-state index in [0.717, 1.165) is 29.5 Å². The number of halogens is 1. The van der Waals surface area contributed by atoms with Crippen LogP contribution in [0.4, 0.5) is 0 Å². The second-order valence-corrected chi connectivity index (χ2v) is 4.49. The zero-order chi connectivity index (χ0) is 13.7. The normalized spacial score (nSPS) is 12.1. The number of ether oxygens (including phenoxy) is 1. The standard InChI is InChI=1S/C15H20N2O2.ClH/c1-3-19-9-8-16-11(2)14-10-17-15(18)13-7-5-4-6-12(13)14;/h4-7,10-11,16H,3,8-9H2,1-2H3,(H,17,18);1H. The van der Waals surface area contributed by atoms with E-state index in [1.54, 1.807) is 6.20 Å². The molecule has 0 radical (unpaired) electrons. The molecule has 0 spiro atoms. The van der Waals surface area contributed by atoms with Gasteiger partial charge in [0.2, 0.25) is 0 Å². The molecule has 0 saturated carbocycles. The molecule has 1 heterocycles. The van der Waals surface area contributed by atoms with Crippen LogP contribution in [0, 0.1) is 0 Å². The van der Waals surface area contributed by atoms with Gasteiger partial charge in [-0.15, -0.1) is 12.4 Å². The van der Waals surface area contributed by atoms with Crippen LogP contribution in [0.2, 0.25) is 0 Å². The van der Waals surface area contributed by atoms with Gasteiger partial charge in [-0.2, -0.15) is 0 Å². The van der Waals surface area contributed by atoms with E-state index in [-0.39, 0.29) is 24.0 Å². The molecule has 1 atom stereocenters. The van der Waals surface area contributed by atoms with Crippen molar-refractivity contribution < 1.29 is 4.74 Å². The average Bonchev–Trinajstić information content (AvgIpc) is 2.44. The number of aromatic amines is 1. The zero-order valence-corrected chi connectivity index (χ0v) is 12.6. The van der Waals surface area contributed by atoms with Gasteiger partial charge in [0, 0.05) is 30.8 Å². The molecule has 0 fully saturated rings. The molecule has 2 aromatic rings. The Morgan fingerprint density at radius 3 is 2.70 bits per heavy atom. The molecule has 0 bridgehead atoms. The van der Waals surface area contributed by atoms with Crippen LogP contribution < -0.4 is 10.9 Å². The van der Waals surface area contributed by atoms with Crippen molar-refractivity contribution in [3.63, 3.8) is 0 Å². The number of hydrogen-bond acceptors (Lipinski definition) is 3. The minimum Gasteiger partial charge on any atom is -0.380 e. The van der Waals surface area contributed by atoms with Crippen molar-refractivity contribution in [2.45, 2.75) is 19.9 Å². The predicted octanol–water partition coefficient (Wildman–Crippen LogP) is 2.64. The van der Waals surface area contributed by atoms with E-state index in [9.17, 15) is 4.79 Å². The highest BCUT2D eigenvalue weighted by Crippen LogP contribution is 2.20. The number of benzene rings is 1. The molecule has 110 valence electrons. The molecule has 5 heteroatoms. The van der Waals surface area contributed by atoms with Crippen LogP contribution >= 0.6 is 12.4 Å². The second-order valence-electron chi connectivity index (χ2n) is 4.49. The molecule has 2 N–H and O–H groups in total. The summed E-state index contributed by atoms with van der Waals surface area (Å²) in [4.78, 5) is 14.6. The SMILES string of the molecule is CCOCCNC(C)c1c[nH]c(=O)c2ccccc12.Cl. The highest BCUT2D eigenvalue weighted by atomic mass is 35.5. The van der Waals surface area contributed by atoms with Gasteiger partial charge in [0.15, 0.2) is 0 Å². The van der Waals surface area contributed by atoms with E-state index in [1.165, 1.54) is 0 Å². The maximum absolute atomic E-state index is 11.8. The summed E-state index contributed by atoms with van der Waals surface area (Å²) in [7, 11) is 0. The summed E-state index contributed by atoms with van der Waals surface area (Å²) >= 11 is 0. The third-order valence-corrected chi connectivity index (χ3v) is 3.21. The third kappa shape index (κ3) is 3.82. The maximum Gasteiger partial charge on any atom is 0.255 e. The van der Waals surface area contributed by atoms with Gasteiger partial charge in [0.05, 0.1) is 6.61 Å². The summed E-state index contributed by atoms with van der Waals surface area (Å²) in [5, 5.41) is 5.14. The first kappa shape index (κ1) is 16.7. The third-order valence-electron chi connectivity index (χ3n) is 3.21. The highest BCUT2D eigenvalue weighted by molar-refractivity contribution is 5.85. The second kappa shape index (κ2) is 8.04. The molecule has 1 unspecified atom stereocenters. The van der Waals surface area contributed by atoms with Gasteiger partial charge in [-0.25, -0.2) is 0 Å². The molecule has 1 aromatic carbocycles. The summed E-state index contributed by atoms with van der Waals surface area (Å²) in [6.07, 6.45) is 1.79. The van der Waals surface area contributed by atoms with Crippen molar-refractivity contribution in [2.24, 2.45) is 0 Å². The maximum atomic E-state index is 11.8. The lowest BCUT2D eigenvalue weighted by Gasteiger charge is -2.16. The smallest absolute Gasteiger partial charge is 0.255 e. The van der Waals surface area contributed by atoms with E-state index >= 15 is 0 Å². The highest BCUT2D eigenvalue weighted by Gasteiger charge is 2.10. The predicted molar refractivity (Wildman–Crippen MR) is 84.7 cm³/mol. The van der Waals surface area contributed by atoms with Crippen LogP contribution in [-0.4, -0.2) is 24.7 Å². The van der Waals surface area contributed by atoms with Crippen molar-refractivity contribution in [3.8, 4) is 0 Å². The van der Waals surface area contributed by atoms with E-state index in [2.05, 4.69) is 17.2 Å². The summed E-state index contributed by atoms with van der Waals surface area (Å²) in [6, 6.07) is 7.85. The average molecular weight is 297 g/mol. The van der Waals surface area contributed by atoms with Gasteiger partial charge < -0.3 is 15.0 Å². The molecule has 0 aliphatic rings. The summed E-state index contributed by atoms with van der Waals surface area (Å²) < 4.78 is 5.31. The van der Waals surface area contributed by atoms with Gasteiger partial charge in [-0.3, -0.25) is 4.79 Å². The first-order valence-electron chi connectivity index (χ1n) is 6.65. The van der Waals surface area contributed by atoms with Crippen molar-refractivity contribution in [1.29, 1.82) is 0 Å². The molecule has 4 nitrogen and oxygen atoms in total. The molecule has 20 heavy (non-hydrogen) atoms. The summed E-state index contributed by atoms with van der Waals surface area (Å²) in [5.41, 5.74) is 1.06. The minimum absolute atomic E-state index is 0. The Balaban J connectivity index is 0.00000200. The zero-order valence-electron chi connectivity index (χ0n) is 11.8. The Hall–Kier alpha value is -1.36. The number of hydrogen-bond donors (Lipinski definition) is 2. The van der Waals surface area contributed by atoms with Crippen molar-refractivity contribution in [2.75, 3.05) is 19.8 Å². The van der Waals surface area contributed by atoms with Crippen LogP contribution in [0.15, 0.2) is 35.3 Å². The molecule has 1 aromatic heterocycles. The number of rotatable bonds is 6. The lowest BCUT2D eigenvalue weighted by molar-refractivity contribution is 0.147. The van der Waals surface area contributed by atoms with E-state index in [0.29, 0.717) is 6.61 Å². The molecule has 0 amide bonds. The molecule has 0 aliphatic carbocycles. The minimum atomic E-state index is -0.0409. The van der Waals surface area contributed by atoms with Crippen molar-refractivity contribution >= 4 is 23.2 Å².